The largest absolute Gasteiger partial charge is 0.496 e. The first kappa shape index (κ1) is 15.6. The molecule has 1 aliphatic heterocycles. The van der Waals surface area contributed by atoms with Crippen molar-refractivity contribution in [2.75, 3.05) is 26.7 Å². The van der Waals surface area contributed by atoms with E-state index in [1.807, 2.05) is 18.2 Å². The van der Waals surface area contributed by atoms with Gasteiger partial charge in [-0.25, -0.2) is 0 Å². The zero-order chi connectivity index (χ0) is 14.4. The number of piperidine rings is 1. The lowest BCUT2D eigenvalue weighted by molar-refractivity contribution is 0.137. The van der Waals surface area contributed by atoms with Crippen LogP contribution in [0.4, 0.5) is 0 Å². The van der Waals surface area contributed by atoms with Gasteiger partial charge in [-0.05, 0) is 44.1 Å². The third kappa shape index (κ3) is 4.11. The van der Waals surface area contributed by atoms with Gasteiger partial charge in [-0.3, -0.25) is 4.90 Å². The molecular formula is C16H25ClN2O. The van der Waals surface area contributed by atoms with Crippen molar-refractivity contribution in [3.63, 3.8) is 0 Å². The van der Waals surface area contributed by atoms with Gasteiger partial charge >= 0.3 is 0 Å². The number of benzene rings is 1. The average molecular weight is 297 g/mol. The molecule has 4 heteroatoms. The number of likely N-dealkylation sites (tertiary alicyclic amines) is 1. The second-order valence-corrected chi connectivity index (χ2v) is 5.82. The van der Waals surface area contributed by atoms with Crippen molar-refractivity contribution in [3.8, 4) is 5.75 Å². The summed E-state index contributed by atoms with van der Waals surface area (Å²) in [6, 6.07) is 6.49. The Morgan fingerprint density at radius 3 is 3.00 bits per heavy atom. The number of hydrogen-bond acceptors (Lipinski definition) is 3. The van der Waals surface area contributed by atoms with Crippen molar-refractivity contribution in [1.29, 1.82) is 0 Å². The van der Waals surface area contributed by atoms with Crippen molar-refractivity contribution in [3.05, 3.63) is 28.8 Å². The lowest BCUT2D eigenvalue weighted by Crippen LogP contribution is -2.45. The summed E-state index contributed by atoms with van der Waals surface area (Å²) in [6.07, 6.45) is 3.89. The summed E-state index contributed by atoms with van der Waals surface area (Å²) < 4.78 is 5.46. The van der Waals surface area contributed by atoms with E-state index in [0.717, 1.165) is 37.0 Å². The maximum atomic E-state index is 6.13. The molecule has 0 radical (unpaired) electrons. The van der Waals surface area contributed by atoms with Crippen LogP contribution in [-0.2, 0) is 6.54 Å². The molecule has 1 aliphatic rings. The fraction of sp³-hybridized carbons (Fsp3) is 0.625. The maximum Gasteiger partial charge on any atom is 0.123 e. The summed E-state index contributed by atoms with van der Waals surface area (Å²) in [5.74, 6) is 0.933. The molecule has 20 heavy (non-hydrogen) atoms. The van der Waals surface area contributed by atoms with E-state index in [1.54, 1.807) is 7.11 Å². The average Bonchev–Trinajstić information content (AvgIpc) is 2.47. The molecule has 0 bridgehead atoms. The van der Waals surface area contributed by atoms with Crippen LogP contribution in [-0.4, -0.2) is 37.7 Å². The number of likely N-dealkylation sites (N-methyl/N-ethyl adjacent to an activating group) is 1. The Morgan fingerprint density at radius 2 is 2.25 bits per heavy atom. The van der Waals surface area contributed by atoms with Gasteiger partial charge in [-0.15, -0.1) is 0 Å². The minimum atomic E-state index is 0.618. The third-order valence-electron chi connectivity index (χ3n) is 3.99. The van der Waals surface area contributed by atoms with E-state index >= 15 is 0 Å². The monoisotopic (exact) mass is 296 g/mol. The maximum absolute atomic E-state index is 6.13. The fourth-order valence-electron chi connectivity index (χ4n) is 2.90. The lowest BCUT2D eigenvalue weighted by atomic mass is 10.0. The molecule has 0 aromatic heterocycles. The number of nitrogens with one attached hydrogen (secondary N) is 1. The van der Waals surface area contributed by atoms with Crippen LogP contribution in [0.15, 0.2) is 18.2 Å². The summed E-state index contributed by atoms with van der Waals surface area (Å²) >= 11 is 6.13. The summed E-state index contributed by atoms with van der Waals surface area (Å²) in [5, 5.41) is 4.25. The first-order valence-electron chi connectivity index (χ1n) is 7.51. The van der Waals surface area contributed by atoms with Gasteiger partial charge in [-0.2, -0.15) is 0 Å². The van der Waals surface area contributed by atoms with Crippen LogP contribution in [0.1, 0.15) is 31.7 Å². The molecule has 1 unspecified atom stereocenters. The molecule has 1 fully saturated rings. The number of rotatable bonds is 6. The highest BCUT2D eigenvalue weighted by Crippen LogP contribution is 2.27. The quantitative estimate of drug-likeness (QED) is 0.871. The van der Waals surface area contributed by atoms with Crippen molar-refractivity contribution in [1.82, 2.24) is 10.2 Å². The number of nitrogens with zero attached hydrogens (tertiary/aromatic N) is 1. The van der Waals surface area contributed by atoms with Crippen molar-refractivity contribution >= 4 is 11.6 Å². The molecule has 1 heterocycles. The number of hydrogen-bond donors (Lipinski definition) is 1. The summed E-state index contributed by atoms with van der Waals surface area (Å²) in [4.78, 5) is 2.56. The molecule has 112 valence electrons. The van der Waals surface area contributed by atoms with Gasteiger partial charge in [-0.1, -0.05) is 24.9 Å². The summed E-state index contributed by atoms with van der Waals surface area (Å²) in [7, 11) is 1.72. The smallest absolute Gasteiger partial charge is 0.123 e. The Morgan fingerprint density at radius 1 is 1.40 bits per heavy atom. The predicted molar refractivity (Wildman–Crippen MR) is 84.6 cm³/mol. The molecule has 1 aromatic rings. The molecule has 1 N–H and O–H groups in total. The Labute approximate surface area is 127 Å². The van der Waals surface area contributed by atoms with Crippen molar-refractivity contribution in [2.24, 2.45) is 0 Å². The van der Waals surface area contributed by atoms with Crippen LogP contribution in [0.25, 0.3) is 0 Å². The normalized spacial score (nSPS) is 20.1. The van der Waals surface area contributed by atoms with Crippen molar-refractivity contribution in [2.45, 2.75) is 38.8 Å². The van der Waals surface area contributed by atoms with Crippen LogP contribution >= 0.6 is 11.6 Å². The Kier molecular flexibility index (Phi) is 6.14. The Hall–Kier alpha value is -0.770. The van der Waals surface area contributed by atoms with Crippen LogP contribution in [0.5, 0.6) is 5.75 Å². The van der Waals surface area contributed by atoms with Gasteiger partial charge in [0.15, 0.2) is 0 Å². The number of halogens is 1. The van der Waals surface area contributed by atoms with E-state index in [-0.39, 0.29) is 0 Å². The van der Waals surface area contributed by atoms with E-state index in [0.29, 0.717) is 6.04 Å². The van der Waals surface area contributed by atoms with Crippen LogP contribution < -0.4 is 10.1 Å². The molecule has 2 rings (SSSR count). The molecule has 3 nitrogen and oxygen atoms in total. The summed E-state index contributed by atoms with van der Waals surface area (Å²) in [5.41, 5.74) is 1.18. The standard InChI is InChI=1S/C16H25ClN2O/c1-3-18-11-15-6-4-5-9-19(15)12-13-10-14(17)7-8-16(13)20-2/h7-8,10,15,18H,3-6,9,11-12H2,1-2H3. The second-order valence-electron chi connectivity index (χ2n) is 5.38. The highest BCUT2D eigenvalue weighted by molar-refractivity contribution is 6.30. The van der Waals surface area contributed by atoms with Gasteiger partial charge in [0.2, 0.25) is 0 Å². The number of ether oxygens (including phenoxy) is 1. The SMILES string of the molecule is CCNCC1CCCCN1Cc1cc(Cl)ccc1OC. The van der Waals surface area contributed by atoms with Crippen LogP contribution in [0, 0.1) is 0 Å². The van der Waals surface area contributed by atoms with Gasteiger partial charge in [0.05, 0.1) is 7.11 Å². The van der Waals surface area contributed by atoms with Gasteiger partial charge in [0.1, 0.15) is 5.75 Å². The minimum absolute atomic E-state index is 0.618. The van der Waals surface area contributed by atoms with E-state index < -0.39 is 0 Å². The van der Waals surface area contributed by atoms with E-state index in [2.05, 4.69) is 17.1 Å². The van der Waals surface area contributed by atoms with Crippen LogP contribution in [0.2, 0.25) is 5.02 Å². The Bertz CT molecular complexity index is 425. The molecular weight excluding hydrogens is 272 g/mol. The highest BCUT2D eigenvalue weighted by Gasteiger charge is 2.22. The zero-order valence-electron chi connectivity index (χ0n) is 12.5. The van der Waals surface area contributed by atoms with Gasteiger partial charge in [0.25, 0.3) is 0 Å². The number of methoxy groups -OCH3 is 1. The molecule has 0 aliphatic carbocycles. The fourth-order valence-corrected chi connectivity index (χ4v) is 3.09. The lowest BCUT2D eigenvalue weighted by Gasteiger charge is -2.36. The highest BCUT2D eigenvalue weighted by atomic mass is 35.5. The molecule has 0 amide bonds. The topological polar surface area (TPSA) is 24.5 Å². The van der Waals surface area contributed by atoms with Gasteiger partial charge in [0, 0.05) is 29.7 Å². The molecule has 0 saturated carbocycles. The second kappa shape index (κ2) is 7.87. The van der Waals surface area contributed by atoms with Crippen LogP contribution in [0.3, 0.4) is 0 Å². The van der Waals surface area contributed by atoms with E-state index in [4.69, 9.17) is 16.3 Å². The zero-order valence-corrected chi connectivity index (χ0v) is 13.2. The first-order chi connectivity index (χ1) is 9.74. The minimum Gasteiger partial charge on any atom is -0.496 e. The predicted octanol–water partition coefficient (Wildman–Crippen LogP) is 3.31. The third-order valence-corrected chi connectivity index (χ3v) is 4.23. The summed E-state index contributed by atoms with van der Waals surface area (Å²) in [6.45, 7) is 6.34. The van der Waals surface area contributed by atoms with E-state index in [1.165, 1.54) is 24.8 Å². The van der Waals surface area contributed by atoms with Gasteiger partial charge < -0.3 is 10.1 Å². The molecule has 1 aromatic carbocycles. The molecule has 1 atom stereocenters. The molecule has 0 spiro atoms. The molecule has 1 saturated heterocycles. The van der Waals surface area contributed by atoms with Crippen molar-refractivity contribution < 1.29 is 4.74 Å². The van der Waals surface area contributed by atoms with E-state index in [9.17, 15) is 0 Å². The Balaban J connectivity index is 2.07. The first-order valence-corrected chi connectivity index (χ1v) is 7.89.